The molecule has 29 heavy (non-hydrogen) atoms. The first-order valence-corrected chi connectivity index (χ1v) is 16.4. The van der Waals surface area contributed by atoms with Crippen molar-refractivity contribution in [3.05, 3.63) is 24.3 Å². The van der Waals surface area contributed by atoms with Crippen molar-refractivity contribution >= 4 is 22.6 Å². The second-order valence-electron chi connectivity index (χ2n) is 11.1. The van der Waals surface area contributed by atoms with Crippen LogP contribution in [0.1, 0.15) is 55.4 Å². The van der Waals surface area contributed by atoms with E-state index in [1.165, 1.54) is 7.11 Å². The van der Waals surface area contributed by atoms with Gasteiger partial charge in [-0.15, -0.1) is 0 Å². The van der Waals surface area contributed by atoms with Crippen LogP contribution >= 0.6 is 0 Å². The standard InChI is InChI=1S/C23H46O4Si2/c1-17(19(3)26-28(11,12)22(4,5)6)15-16-20(18(2)21(24)25-10)27-29(13,14)23(7,8)9/h15-16,18-20H,1H2,2-14H3/b16-15+/t18-,19+,20+/m1/s1. The molecule has 0 spiro atoms. The summed E-state index contributed by atoms with van der Waals surface area (Å²) in [6.45, 7) is 30.2. The first-order chi connectivity index (χ1) is 12.8. The van der Waals surface area contributed by atoms with Crippen LogP contribution in [0.2, 0.25) is 36.3 Å². The van der Waals surface area contributed by atoms with Crippen LogP contribution in [0.15, 0.2) is 24.3 Å². The highest BCUT2D eigenvalue weighted by Crippen LogP contribution is 2.39. The zero-order valence-electron chi connectivity index (χ0n) is 21.2. The van der Waals surface area contributed by atoms with Crippen LogP contribution in [0.4, 0.5) is 0 Å². The maximum atomic E-state index is 12.2. The highest BCUT2D eigenvalue weighted by atomic mass is 28.4. The van der Waals surface area contributed by atoms with Gasteiger partial charge in [0.05, 0.1) is 25.2 Å². The van der Waals surface area contributed by atoms with E-state index in [4.69, 9.17) is 13.6 Å². The highest BCUT2D eigenvalue weighted by Gasteiger charge is 2.41. The Kier molecular flexibility index (Phi) is 9.83. The Morgan fingerprint density at radius 1 is 0.897 bits per heavy atom. The van der Waals surface area contributed by atoms with Crippen molar-refractivity contribution in [3.8, 4) is 0 Å². The van der Waals surface area contributed by atoms with E-state index >= 15 is 0 Å². The summed E-state index contributed by atoms with van der Waals surface area (Å²) in [6, 6.07) is 0. The third kappa shape index (κ3) is 8.15. The van der Waals surface area contributed by atoms with E-state index < -0.39 is 22.6 Å². The fourth-order valence-corrected chi connectivity index (χ4v) is 4.90. The van der Waals surface area contributed by atoms with Crippen molar-refractivity contribution in [2.45, 2.75) is 104 Å². The van der Waals surface area contributed by atoms with E-state index in [1.54, 1.807) is 0 Å². The Morgan fingerprint density at radius 3 is 1.69 bits per heavy atom. The summed E-state index contributed by atoms with van der Waals surface area (Å²) in [5, 5.41) is 0.184. The van der Waals surface area contributed by atoms with Gasteiger partial charge in [-0.2, -0.15) is 0 Å². The summed E-state index contributed by atoms with van der Waals surface area (Å²) in [7, 11) is -2.54. The maximum absolute atomic E-state index is 12.2. The Morgan fingerprint density at radius 2 is 1.31 bits per heavy atom. The van der Waals surface area contributed by atoms with Crippen molar-refractivity contribution in [3.63, 3.8) is 0 Å². The normalized spacial score (nSPS) is 17.1. The molecule has 6 heteroatoms. The summed E-state index contributed by atoms with van der Waals surface area (Å²) in [5.74, 6) is -0.663. The minimum Gasteiger partial charge on any atom is -0.469 e. The Hall–Kier alpha value is -0.696. The molecule has 0 aliphatic carbocycles. The molecule has 4 nitrogen and oxygen atoms in total. The van der Waals surface area contributed by atoms with E-state index in [1.807, 2.05) is 26.0 Å². The van der Waals surface area contributed by atoms with Crippen LogP contribution in [-0.4, -0.2) is 41.9 Å². The molecule has 0 amide bonds. The van der Waals surface area contributed by atoms with Crippen LogP contribution in [-0.2, 0) is 18.4 Å². The fourth-order valence-electron chi connectivity index (χ4n) is 2.19. The van der Waals surface area contributed by atoms with Gasteiger partial charge in [0.2, 0.25) is 0 Å². The predicted octanol–water partition coefficient (Wildman–Crippen LogP) is 6.71. The van der Waals surface area contributed by atoms with E-state index in [2.05, 4.69) is 74.3 Å². The lowest BCUT2D eigenvalue weighted by molar-refractivity contribution is -0.147. The monoisotopic (exact) mass is 442 g/mol. The zero-order chi connectivity index (χ0) is 23.4. The van der Waals surface area contributed by atoms with Gasteiger partial charge < -0.3 is 13.6 Å². The molecule has 0 aliphatic heterocycles. The fraction of sp³-hybridized carbons (Fsp3) is 0.783. The number of hydrogen-bond acceptors (Lipinski definition) is 4. The number of carbonyl (C=O) groups is 1. The SMILES string of the molecule is C=C(/C=C/[C@H](O[Si](C)(C)C(C)(C)C)[C@@H](C)C(=O)OC)[C@H](C)O[Si](C)(C)C(C)(C)C. The van der Waals surface area contributed by atoms with Gasteiger partial charge in [-0.25, -0.2) is 0 Å². The number of rotatable bonds is 9. The van der Waals surface area contributed by atoms with Crippen LogP contribution < -0.4 is 0 Å². The first kappa shape index (κ1) is 28.3. The molecule has 0 saturated heterocycles. The average Bonchev–Trinajstić information content (AvgIpc) is 2.54. The van der Waals surface area contributed by atoms with Crippen molar-refractivity contribution in [1.29, 1.82) is 0 Å². The summed E-state index contributed by atoms with van der Waals surface area (Å²) in [4.78, 5) is 12.2. The quantitative estimate of drug-likeness (QED) is 0.226. The lowest BCUT2D eigenvalue weighted by atomic mass is 10.0. The second kappa shape index (κ2) is 10.1. The molecule has 0 aromatic rings. The van der Waals surface area contributed by atoms with Gasteiger partial charge in [-0.3, -0.25) is 4.79 Å². The van der Waals surface area contributed by atoms with E-state index in [0.29, 0.717) is 0 Å². The molecular weight excluding hydrogens is 396 g/mol. The molecule has 0 aliphatic rings. The van der Waals surface area contributed by atoms with Gasteiger partial charge in [0, 0.05) is 0 Å². The molecule has 170 valence electrons. The predicted molar refractivity (Wildman–Crippen MR) is 129 cm³/mol. The number of methoxy groups -OCH3 is 1. The molecule has 0 rings (SSSR count). The van der Waals surface area contributed by atoms with Gasteiger partial charge in [0.15, 0.2) is 16.6 Å². The van der Waals surface area contributed by atoms with Gasteiger partial charge in [-0.05, 0) is 55.7 Å². The maximum Gasteiger partial charge on any atom is 0.311 e. The smallest absolute Gasteiger partial charge is 0.311 e. The van der Waals surface area contributed by atoms with Crippen molar-refractivity contribution in [2.75, 3.05) is 7.11 Å². The number of ether oxygens (including phenoxy) is 1. The Bertz CT molecular complexity index is 595. The lowest BCUT2D eigenvalue weighted by Crippen LogP contribution is -2.46. The molecule has 0 aromatic carbocycles. The largest absolute Gasteiger partial charge is 0.469 e. The third-order valence-electron chi connectivity index (χ3n) is 6.60. The molecule has 3 atom stereocenters. The molecule has 0 fully saturated rings. The van der Waals surface area contributed by atoms with Crippen LogP contribution in [0.3, 0.4) is 0 Å². The van der Waals surface area contributed by atoms with Gasteiger partial charge >= 0.3 is 5.97 Å². The van der Waals surface area contributed by atoms with Crippen molar-refractivity contribution in [1.82, 2.24) is 0 Å². The molecular formula is C23H46O4Si2. The number of esters is 1. The molecule has 0 aromatic heterocycles. The second-order valence-corrected chi connectivity index (χ2v) is 20.6. The molecule has 0 unspecified atom stereocenters. The lowest BCUT2D eigenvalue weighted by Gasteiger charge is -2.40. The minimum atomic E-state index is -2.06. The molecule has 0 bridgehead atoms. The topological polar surface area (TPSA) is 44.8 Å². The molecule has 0 heterocycles. The van der Waals surface area contributed by atoms with E-state index in [9.17, 15) is 4.79 Å². The average molecular weight is 443 g/mol. The van der Waals surface area contributed by atoms with Crippen molar-refractivity contribution < 1.29 is 18.4 Å². The van der Waals surface area contributed by atoms with E-state index in [0.717, 1.165) is 5.57 Å². The molecule has 0 saturated carbocycles. The van der Waals surface area contributed by atoms with Gasteiger partial charge in [0.1, 0.15) is 0 Å². The number of hydrogen-bond donors (Lipinski definition) is 0. The van der Waals surface area contributed by atoms with Gasteiger partial charge in [-0.1, -0.05) is 60.3 Å². The zero-order valence-corrected chi connectivity index (χ0v) is 23.2. The summed E-state index contributed by atoms with van der Waals surface area (Å²) < 4.78 is 18.0. The van der Waals surface area contributed by atoms with Crippen LogP contribution in [0, 0.1) is 5.92 Å². The van der Waals surface area contributed by atoms with E-state index in [-0.39, 0.29) is 28.3 Å². The minimum absolute atomic E-state index is 0.0463. The van der Waals surface area contributed by atoms with Crippen LogP contribution in [0.5, 0.6) is 0 Å². The summed E-state index contributed by atoms with van der Waals surface area (Å²) >= 11 is 0. The third-order valence-corrected chi connectivity index (χ3v) is 15.6. The Balaban J connectivity index is 5.55. The molecule has 0 N–H and O–H groups in total. The van der Waals surface area contributed by atoms with Crippen LogP contribution in [0.25, 0.3) is 0 Å². The first-order valence-electron chi connectivity index (χ1n) is 10.6. The summed E-state index contributed by atoms with van der Waals surface area (Å²) in [6.07, 6.45) is 3.46. The van der Waals surface area contributed by atoms with Crippen molar-refractivity contribution in [2.24, 2.45) is 5.92 Å². The Labute approximate surface area is 182 Å². The van der Waals surface area contributed by atoms with Gasteiger partial charge in [0.25, 0.3) is 0 Å². The molecule has 0 radical (unpaired) electrons. The summed E-state index contributed by atoms with van der Waals surface area (Å²) in [5.41, 5.74) is 0.885. The number of carbonyl (C=O) groups excluding carboxylic acids is 1. The highest BCUT2D eigenvalue weighted by molar-refractivity contribution is 6.74.